The van der Waals surface area contributed by atoms with E-state index >= 15 is 0 Å². The summed E-state index contributed by atoms with van der Waals surface area (Å²) in [5.41, 5.74) is 18.8. The van der Waals surface area contributed by atoms with Gasteiger partial charge in [0.05, 0.1) is 0 Å². The van der Waals surface area contributed by atoms with Gasteiger partial charge in [-0.05, 0) is 141 Å². The number of para-hydroxylation sites is 1. The van der Waals surface area contributed by atoms with Crippen LogP contribution in [0.3, 0.4) is 0 Å². The van der Waals surface area contributed by atoms with Gasteiger partial charge in [-0.1, -0.05) is 182 Å². The summed E-state index contributed by atoms with van der Waals surface area (Å²) in [6.07, 6.45) is 9.05. The Bertz CT molecular complexity index is 2920. The summed E-state index contributed by atoms with van der Waals surface area (Å²) in [6, 6.07) is 85.2. The van der Waals surface area contributed by atoms with E-state index in [-0.39, 0.29) is 0 Å². The highest BCUT2D eigenvalue weighted by molar-refractivity contribution is 5.84. The quantitative estimate of drug-likeness (QED) is 0.129. The molecule has 0 bridgehead atoms. The molecular formula is C60H46N2. The maximum absolute atomic E-state index is 2.35. The summed E-state index contributed by atoms with van der Waals surface area (Å²) in [4.78, 5) is 4.67. The molecule has 0 saturated heterocycles. The molecule has 0 spiro atoms. The van der Waals surface area contributed by atoms with E-state index in [1.807, 2.05) is 0 Å². The summed E-state index contributed by atoms with van der Waals surface area (Å²) < 4.78 is 0. The molecule has 0 aliphatic heterocycles. The Hall–Kier alpha value is -7.94. The minimum Gasteiger partial charge on any atom is -0.311 e. The van der Waals surface area contributed by atoms with Crippen LogP contribution in [0.4, 0.5) is 34.1 Å². The predicted molar refractivity (Wildman–Crippen MR) is 264 cm³/mol. The van der Waals surface area contributed by atoms with Crippen molar-refractivity contribution in [1.29, 1.82) is 0 Å². The van der Waals surface area contributed by atoms with Crippen molar-refractivity contribution < 1.29 is 0 Å². The number of rotatable bonds is 11. The molecule has 0 saturated carbocycles. The Kier molecular flexibility index (Phi) is 10.9. The SMILES string of the molecule is C1=CC(c2ccc(N(c3ccc(-c4ccccc4)cc3)c3ccc(-c4ccc(N(c5ccccc5)c5ccc(-c6ccc(-c7ccccc7)cc6)cc5)cc4)cc3)cc2)=CCC1. The van der Waals surface area contributed by atoms with E-state index in [2.05, 4.69) is 265 Å². The lowest BCUT2D eigenvalue weighted by atomic mass is 9.99. The van der Waals surface area contributed by atoms with Gasteiger partial charge in [-0.2, -0.15) is 0 Å². The highest BCUT2D eigenvalue weighted by Crippen LogP contribution is 2.40. The molecule has 9 aromatic rings. The molecule has 0 amide bonds. The number of nitrogens with zero attached hydrogens (tertiary/aromatic N) is 2. The van der Waals surface area contributed by atoms with Crippen LogP contribution in [-0.2, 0) is 0 Å². The third-order valence-electron chi connectivity index (χ3n) is 11.7. The fourth-order valence-corrected chi connectivity index (χ4v) is 8.43. The molecule has 10 rings (SSSR count). The molecule has 0 atom stereocenters. The Labute approximate surface area is 365 Å². The van der Waals surface area contributed by atoms with Gasteiger partial charge >= 0.3 is 0 Å². The van der Waals surface area contributed by atoms with E-state index in [1.165, 1.54) is 55.6 Å². The van der Waals surface area contributed by atoms with E-state index in [0.29, 0.717) is 0 Å². The third-order valence-corrected chi connectivity index (χ3v) is 11.7. The average molecular weight is 795 g/mol. The Balaban J connectivity index is 0.919. The fourth-order valence-electron chi connectivity index (χ4n) is 8.43. The normalized spacial score (nSPS) is 12.1. The Morgan fingerprint density at radius 1 is 0.226 bits per heavy atom. The average Bonchev–Trinajstić information content (AvgIpc) is 3.36. The van der Waals surface area contributed by atoms with Gasteiger partial charge < -0.3 is 9.80 Å². The first-order valence-electron chi connectivity index (χ1n) is 21.5. The van der Waals surface area contributed by atoms with Crippen LogP contribution in [0.1, 0.15) is 18.4 Å². The highest BCUT2D eigenvalue weighted by Gasteiger charge is 2.16. The standard InChI is InChI=1S/C60H46N2/c1-5-13-45(14-6-1)48-21-23-49(24-22-48)52-29-39-56(40-30-52)61(55-19-11-4-12-20-55)57-41-31-53(32-42-57)54-33-43-60(44-34-54)62(58-35-25-50(26-36-58)46-15-7-2-8-16-46)59-37-27-51(28-38-59)47-17-9-3-10-18-47/h1-2,4-9,11-44H,3,10H2. The predicted octanol–water partition coefficient (Wildman–Crippen LogP) is 17.0. The number of hydrogen-bond acceptors (Lipinski definition) is 2. The zero-order chi connectivity index (χ0) is 41.5. The summed E-state index contributed by atoms with van der Waals surface area (Å²) in [6.45, 7) is 0. The molecule has 62 heavy (non-hydrogen) atoms. The van der Waals surface area contributed by atoms with Gasteiger partial charge in [-0.3, -0.25) is 0 Å². The van der Waals surface area contributed by atoms with Crippen LogP contribution < -0.4 is 9.80 Å². The molecule has 9 aromatic carbocycles. The van der Waals surface area contributed by atoms with Gasteiger partial charge in [0.15, 0.2) is 0 Å². The summed E-state index contributed by atoms with van der Waals surface area (Å²) in [7, 11) is 0. The first kappa shape index (κ1) is 38.3. The van der Waals surface area contributed by atoms with Crippen molar-refractivity contribution in [1.82, 2.24) is 0 Å². The van der Waals surface area contributed by atoms with Crippen LogP contribution >= 0.6 is 0 Å². The second-order valence-electron chi connectivity index (χ2n) is 15.7. The summed E-state index contributed by atoms with van der Waals surface area (Å²) in [5, 5.41) is 0. The van der Waals surface area contributed by atoms with E-state index in [1.54, 1.807) is 0 Å². The van der Waals surface area contributed by atoms with Crippen molar-refractivity contribution in [3.63, 3.8) is 0 Å². The fraction of sp³-hybridized carbons (Fsp3) is 0.0333. The lowest BCUT2D eigenvalue weighted by Crippen LogP contribution is -2.10. The van der Waals surface area contributed by atoms with E-state index < -0.39 is 0 Å². The molecule has 0 heterocycles. The molecule has 0 aromatic heterocycles. The monoisotopic (exact) mass is 794 g/mol. The first-order valence-corrected chi connectivity index (χ1v) is 21.5. The zero-order valence-electron chi connectivity index (χ0n) is 34.6. The van der Waals surface area contributed by atoms with E-state index in [0.717, 1.165) is 47.0 Å². The number of benzene rings is 9. The van der Waals surface area contributed by atoms with Gasteiger partial charge in [-0.15, -0.1) is 0 Å². The number of allylic oxidation sites excluding steroid dienone is 4. The second kappa shape index (κ2) is 17.7. The molecule has 2 nitrogen and oxygen atoms in total. The Morgan fingerprint density at radius 2 is 0.484 bits per heavy atom. The minimum atomic E-state index is 1.09. The smallest absolute Gasteiger partial charge is 0.0462 e. The minimum absolute atomic E-state index is 1.09. The van der Waals surface area contributed by atoms with Crippen molar-refractivity contribution in [2.75, 3.05) is 9.80 Å². The molecule has 0 radical (unpaired) electrons. The van der Waals surface area contributed by atoms with Crippen LogP contribution in [0.25, 0.3) is 50.1 Å². The summed E-state index contributed by atoms with van der Waals surface area (Å²) in [5.74, 6) is 0. The van der Waals surface area contributed by atoms with Crippen LogP contribution in [0.2, 0.25) is 0 Å². The van der Waals surface area contributed by atoms with Gasteiger partial charge in [-0.25, -0.2) is 0 Å². The van der Waals surface area contributed by atoms with Crippen molar-refractivity contribution in [3.8, 4) is 44.5 Å². The van der Waals surface area contributed by atoms with Crippen molar-refractivity contribution in [3.05, 3.63) is 260 Å². The van der Waals surface area contributed by atoms with Gasteiger partial charge in [0, 0.05) is 34.1 Å². The lowest BCUT2D eigenvalue weighted by Gasteiger charge is -2.26. The highest BCUT2D eigenvalue weighted by atomic mass is 15.1. The third kappa shape index (κ3) is 8.28. The van der Waals surface area contributed by atoms with E-state index in [4.69, 9.17) is 0 Å². The topological polar surface area (TPSA) is 6.48 Å². The molecule has 0 N–H and O–H groups in total. The van der Waals surface area contributed by atoms with Gasteiger partial charge in [0.1, 0.15) is 0 Å². The van der Waals surface area contributed by atoms with Crippen LogP contribution in [0.5, 0.6) is 0 Å². The number of hydrogen-bond donors (Lipinski definition) is 0. The molecule has 296 valence electrons. The molecule has 1 aliphatic carbocycles. The molecule has 0 fully saturated rings. The van der Waals surface area contributed by atoms with Crippen LogP contribution in [0, 0.1) is 0 Å². The van der Waals surface area contributed by atoms with E-state index in [9.17, 15) is 0 Å². The van der Waals surface area contributed by atoms with Crippen molar-refractivity contribution in [2.45, 2.75) is 12.8 Å². The maximum atomic E-state index is 2.35. The second-order valence-corrected chi connectivity index (χ2v) is 15.7. The Morgan fingerprint density at radius 3 is 0.790 bits per heavy atom. The first-order chi connectivity index (χ1) is 30.7. The lowest BCUT2D eigenvalue weighted by molar-refractivity contribution is 1.04. The van der Waals surface area contributed by atoms with Crippen LogP contribution in [0.15, 0.2) is 255 Å². The van der Waals surface area contributed by atoms with Gasteiger partial charge in [0.25, 0.3) is 0 Å². The largest absolute Gasteiger partial charge is 0.311 e. The van der Waals surface area contributed by atoms with Gasteiger partial charge in [0.2, 0.25) is 0 Å². The molecular weight excluding hydrogens is 749 g/mol. The zero-order valence-corrected chi connectivity index (χ0v) is 34.6. The van der Waals surface area contributed by atoms with Crippen molar-refractivity contribution in [2.24, 2.45) is 0 Å². The number of anilines is 6. The maximum Gasteiger partial charge on any atom is 0.0462 e. The van der Waals surface area contributed by atoms with Crippen molar-refractivity contribution >= 4 is 39.7 Å². The molecule has 2 heteroatoms. The van der Waals surface area contributed by atoms with Crippen LogP contribution in [-0.4, -0.2) is 0 Å². The molecule has 0 unspecified atom stereocenters. The summed E-state index contributed by atoms with van der Waals surface area (Å²) >= 11 is 0. The molecule has 1 aliphatic rings.